The van der Waals surface area contributed by atoms with Gasteiger partial charge in [0.25, 0.3) is 0 Å². The van der Waals surface area contributed by atoms with Crippen LogP contribution in [0.1, 0.15) is 73.1 Å². The van der Waals surface area contributed by atoms with E-state index >= 15 is 0 Å². The molecule has 4 aromatic rings. The molecule has 2 unspecified atom stereocenters. The van der Waals surface area contributed by atoms with Crippen molar-refractivity contribution in [3.63, 3.8) is 0 Å². The molecule has 5 rings (SSSR count). The lowest BCUT2D eigenvalue weighted by atomic mass is 9.82. The average Bonchev–Trinajstić information content (AvgIpc) is 2.91. The van der Waals surface area contributed by atoms with Gasteiger partial charge in [0, 0.05) is 17.9 Å². The van der Waals surface area contributed by atoms with Crippen molar-refractivity contribution in [2.24, 2.45) is 0 Å². The lowest BCUT2D eigenvalue weighted by molar-refractivity contribution is -0.136. The lowest BCUT2D eigenvalue weighted by Crippen LogP contribution is -2.26. The lowest BCUT2D eigenvalue weighted by Gasteiger charge is -2.33. The summed E-state index contributed by atoms with van der Waals surface area (Å²) in [7, 11) is 0. The largest absolute Gasteiger partial charge is 0.490 e. The zero-order chi connectivity index (χ0) is 24.9. The number of carboxylic acid groups (broad SMARTS) is 1. The number of fused-ring (bicyclic) bond motifs is 2. The van der Waals surface area contributed by atoms with E-state index in [1.807, 2.05) is 12.1 Å². The van der Waals surface area contributed by atoms with Crippen molar-refractivity contribution in [3.8, 4) is 5.75 Å². The Balaban J connectivity index is 1.28. The van der Waals surface area contributed by atoms with E-state index in [-0.39, 0.29) is 18.4 Å². The van der Waals surface area contributed by atoms with Crippen molar-refractivity contribution >= 4 is 16.7 Å². The molecule has 4 aromatic carbocycles. The van der Waals surface area contributed by atoms with Crippen LogP contribution < -0.4 is 4.74 Å². The van der Waals surface area contributed by atoms with Crippen LogP contribution in [-0.4, -0.2) is 17.2 Å². The number of carbonyl (C=O) groups is 1. The number of hydrogen-bond acceptors (Lipinski definition) is 2. The molecule has 0 saturated heterocycles. The summed E-state index contributed by atoms with van der Waals surface area (Å²) in [4.78, 5) is 11.1. The Kier molecular flexibility index (Phi) is 7.36. The van der Waals surface area contributed by atoms with Gasteiger partial charge in [-0.2, -0.15) is 0 Å². The zero-order valence-electron chi connectivity index (χ0n) is 20.9. The van der Waals surface area contributed by atoms with Crippen LogP contribution in [0.3, 0.4) is 0 Å². The van der Waals surface area contributed by atoms with Crippen LogP contribution in [0.5, 0.6) is 5.75 Å². The Labute approximate surface area is 213 Å². The van der Waals surface area contributed by atoms with E-state index in [0.29, 0.717) is 12.3 Å². The number of rotatable bonds is 9. The quantitative estimate of drug-likeness (QED) is 0.264. The third-order valence-electron chi connectivity index (χ3n) is 7.59. The SMILES string of the molecule is C[C@@H](CCCC1CC(c2cccc(CCC(=O)O)c2)c2ccccc2O1)c1cccc2ccccc12. The molecule has 1 aliphatic rings. The van der Waals surface area contributed by atoms with Crippen molar-refractivity contribution in [2.75, 3.05) is 0 Å². The van der Waals surface area contributed by atoms with E-state index in [1.54, 1.807) is 0 Å². The summed E-state index contributed by atoms with van der Waals surface area (Å²) in [5, 5.41) is 11.8. The molecule has 0 amide bonds. The van der Waals surface area contributed by atoms with Gasteiger partial charge < -0.3 is 9.84 Å². The minimum Gasteiger partial charge on any atom is -0.490 e. The fourth-order valence-electron chi connectivity index (χ4n) is 5.69. The van der Waals surface area contributed by atoms with Crippen LogP contribution in [0.2, 0.25) is 0 Å². The summed E-state index contributed by atoms with van der Waals surface area (Å²) < 4.78 is 6.47. The first-order chi connectivity index (χ1) is 17.6. The summed E-state index contributed by atoms with van der Waals surface area (Å²) >= 11 is 0. The molecule has 0 aromatic heterocycles. The van der Waals surface area contributed by atoms with Crippen molar-refractivity contribution in [1.29, 1.82) is 0 Å². The number of carboxylic acids is 1. The van der Waals surface area contributed by atoms with Crippen LogP contribution in [0.25, 0.3) is 10.8 Å². The molecule has 0 bridgehead atoms. The molecule has 1 aliphatic heterocycles. The molecule has 0 fully saturated rings. The third-order valence-corrected chi connectivity index (χ3v) is 7.59. The van der Waals surface area contributed by atoms with Crippen molar-refractivity contribution in [1.82, 2.24) is 0 Å². The summed E-state index contributed by atoms with van der Waals surface area (Å²) in [5.41, 5.74) is 4.99. The van der Waals surface area contributed by atoms with Crippen LogP contribution in [0.4, 0.5) is 0 Å². The van der Waals surface area contributed by atoms with E-state index in [1.165, 1.54) is 27.5 Å². The summed E-state index contributed by atoms with van der Waals surface area (Å²) in [5.74, 6) is 0.986. The highest BCUT2D eigenvalue weighted by atomic mass is 16.5. The van der Waals surface area contributed by atoms with E-state index in [2.05, 4.69) is 85.8 Å². The van der Waals surface area contributed by atoms with Crippen molar-refractivity contribution in [3.05, 3.63) is 113 Å². The predicted molar refractivity (Wildman–Crippen MR) is 146 cm³/mol. The molecule has 184 valence electrons. The second-order valence-electron chi connectivity index (χ2n) is 10.1. The number of benzene rings is 4. The van der Waals surface area contributed by atoms with E-state index in [0.717, 1.165) is 37.0 Å². The maximum Gasteiger partial charge on any atom is 0.303 e. The standard InChI is InChI=1S/C33H34O3/c1-23(28-17-8-12-25-11-2-3-15-29(25)28)9-6-14-27-22-31(30-16-4-5-18-32(30)36-27)26-13-7-10-24(21-26)19-20-33(34)35/h2-5,7-8,10-13,15-18,21,23,27,31H,6,9,14,19-20,22H2,1H3,(H,34,35)/t23-,27?,31?/m0/s1. The molecule has 1 heterocycles. The van der Waals surface area contributed by atoms with Crippen molar-refractivity contribution in [2.45, 2.75) is 63.4 Å². The van der Waals surface area contributed by atoms with Gasteiger partial charge in [-0.25, -0.2) is 0 Å². The highest BCUT2D eigenvalue weighted by molar-refractivity contribution is 5.86. The fourth-order valence-corrected chi connectivity index (χ4v) is 5.69. The van der Waals surface area contributed by atoms with Gasteiger partial charge in [0.15, 0.2) is 0 Å². The summed E-state index contributed by atoms with van der Waals surface area (Å²) in [6.45, 7) is 2.34. The molecule has 3 atom stereocenters. The highest BCUT2D eigenvalue weighted by Gasteiger charge is 2.29. The van der Waals surface area contributed by atoms with Crippen LogP contribution in [0, 0.1) is 0 Å². The summed E-state index contributed by atoms with van der Waals surface area (Å²) in [6, 6.07) is 32.1. The van der Waals surface area contributed by atoms with E-state index < -0.39 is 5.97 Å². The molecule has 3 heteroatoms. The predicted octanol–water partition coefficient (Wildman–Crippen LogP) is 8.11. The minimum absolute atomic E-state index is 0.158. The topological polar surface area (TPSA) is 46.5 Å². The average molecular weight is 479 g/mol. The van der Waals surface area contributed by atoms with Gasteiger partial charge in [-0.15, -0.1) is 0 Å². The Morgan fingerprint density at radius 2 is 1.75 bits per heavy atom. The molecule has 1 N–H and O–H groups in total. The van der Waals surface area contributed by atoms with Gasteiger partial charge in [0.05, 0.1) is 6.10 Å². The molecule has 0 saturated carbocycles. The number of ether oxygens (including phenoxy) is 1. The zero-order valence-corrected chi connectivity index (χ0v) is 20.9. The Morgan fingerprint density at radius 3 is 2.64 bits per heavy atom. The first-order valence-corrected chi connectivity index (χ1v) is 13.1. The number of para-hydroxylation sites is 1. The van der Waals surface area contributed by atoms with E-state index in [4.69, 9.17) is 9.84 Å². The Bertz CT molecular complexity index is 1340. The van der Waals surface area contributed by atoms with Gasteiger partial charge in [0.2, 0.25) is 0 Å². The maximum atomic E-state index is 11.1. The molecule has 0 aliphatic carbocycles. The van der Waals surface area contributed by atoms with Gasteiger partial charge in [-0.1, -0.05) is 91.9 Å². The molecule has 36 heavy (non-hydrogen) atoms. The summed E-state index contributed by atoms with van der Waals surface area (Å²) in [6.07, 6.45) is 5.11. The van der Waals surface area contributed by atoms with Crippen LogP contribution in [0.15, 0.2) is 91.0 Å². The molecular formula is C33H34O3. The highest BCUT2D eigenvalue weighted by Crippen LogP contribution is 2.42. The monoisotopic (exact) mass is 478 g/mol. The van der Waals surface area contributed by atoms with Crippen LogP contribution >= 0.6 is 0 Å². The fraction of sp³-hybridized carbons (Fsp3) is 0.303. The second-order valence-corrected chi connectivity index (χ2v) is 10.1. The van der Waals surface area contributed by atoms with E-state index in [9.17, 15) is 4.79 Å². The third kappa shape index (κ3) is 5.46. The number of hydrogen-bond donors (Lipinski definition) is 1. The number of aliphatic carboxylic acids is 1. The maximum absolute atomic E-state index is 11.1. The molecule has 0 radical (unpaired) electrons. The molecule has 0 spiro atoms. The Hall–Kier alpha value is -3.59. The van der Waals surface area contributed by atoms with Gasteiger partial charge in [-0.05, 0) is 71.6 Å². The first kappa shape index (κ1) is 24.1. The van der Waals surface area contributed by atoms with Gasteiger partial charge in [0.1, 0.15) is 5.75 Å². The van der Waals surface area contributed by atoms with Crippen molar-refractivity contribution < 1.29 is 14.6 Å². The number of aryl methyl sites for hydroxylation is 1. The molecular weight excluding hydrogens is 444 g/mol. The van der Waals surface area contributed by atoms with Gasteiger partial charge in [-0.3, -0.25) is 4.79 Å². The smallest absolute Gasteiger partial charge is 0.303 e. The second kappa shape index (κ2) is 11.0. The molecule has 3 nitrogen and oxygen atoms in total. The van der Waals surface area contributed by atoms with Gasteiger partial charge >= 0.3 is 5.97 Å². The Morgan fingerprint density at radius 1 is 0.972 bits per heavy atom. The minimum atomic E-state index is -0.755. The first-order valence-electron chi connectivity index (χ1n) is 13.1. The van der Waals surface area contributed by atoms with Crippen LogP contribution in [-0.2, 0) is 11.2 Å². The normalized spacial score (nSPS) is 17.8.